The highest BCUT2D eigenvalue weighted by atomic mass is 32.1. The van der Waals surface area contributed by atoms with E-state index in [-0.39, 0.29) is 23.5 Å². The third kappa shape index (κ3) is 5.73. The summed E-state index contributed by atoms with van der Waals surface area (Å²) in [6.45, 7) is 10.2. The van der Waals surface area contributed by atoms with E-state index in [1.165, 1.54) is 24.9 Å². The number of nitrogens with one attached hydrogen (secondary N) is 1. The van der Waals surface area contributed by atoms with Crippen LogP contribution in [-0.4, -0.2) is 46.6 Å². The molecule has 0 unspecified atom stereocenters. The molecule has 0 aliphatic carbocycles. The number of rotatable bonds is 9. The van der Waals surface area contributed by atoms with Crippen molar-refractivity contribution in [1.29, 1.82) is 0 Å². The Kier molecular flexibility index (Phi) is 8.19. The SMILES string of the molecule is COCCn1cc(C(=O)Nc2cccc([B]OC(C)(C)C(C)(C)S)c2C)c(=O)n(C)c1=O. The van der Waals surface area contributed by atoms with Gasteiger partial charge in [0.15, 0.2) is 0 Å². The van der Waals surface area contributed by atoms with Crippen LogP contribution in [0.15, 0.2) is 34.0 Å². The third-order valence-electron chi connectivity index (χ3n) is 5.71. The topological polar surface area (TPSA) is 91.6 Å². The van der Waals surface area contributed by atoms with E-state index >= 15 is 0 Å². The third-order valence-corrected chi connectivity index (χ3v) is 6.25. The summed E-state index contributed by atoms with van der Waals surface area (Å²) in [6.07, 6.45) is 1.27. The predicted molar refractivity (Wildman–Crippen MR) is 131 cm³/mol. The number of benzene rings is 1. The molecule has 1 heterocycles. The first kappa shape index (κ1) is 26.0. The van der Waals surface area contributed by atoms with Gasteiger partial charge in [0.2, 0.25) is 0 Å². The molecule has 8 nitrogen and oxygen atoms in total. The van der Waals surface area contributed by atoms with Crippen molar-refractivity contribution in [2.75, 3.05) is 19.0 Å². The zero-order valence-electron chi connectivity index (χ0n) is 19.7. The molecule has 1 amide bonds. The second-order valence-corrected chi connectivity index (χ2v) is 9.77. The van der Waals surface area contributed by atoms with Crippen molar-refractivity contribution in [3.8, 4) is 0 Å². The van der Waals surface area contributed by atoms with Gasteiger partial charge in [-0.25, -0.2) is 4.79 Å². The van der Waals surface area contributed by atoms with Gasteiger partial charge in [-0.05, 0) is 51.7 Å². The average Bonchev–Trinajstić information content (AvgIpc) is 2.71. The van der Waals surface area contributed by atoms with Crippen molar-refractivity contribution in [1.82, 2.24) is 9.13 Å². The van der Waals surface area contributed by atoms with E-state index in [0.717, 1.165) is 15.6 Å². The number of thiol groups is 1. The van der Waals surface area contributed by atoms with Crippen LogP contribution in [0.1, 0.15) is 43.6 Å². The molecule has 32 heavy (non-hydrogen) atoms. The highest BCUT2D eigenvalue weighted by molar-refractivity contribution is 7.81. The molecule has 0 aliphatic heterocycles. The predicted octanol–water partition coefficient (Wildman–Crippen LogP) is 1.50. The monoisotopic (exact) mass is 460 g/mol. The fourth-order valence-corrected chi connectivity index (χ4v) is 2.75. The summed E-state index contributed by atoms with van der Waals surface area (Å²) >= 11 is 4.60. The van der Waals surface area contributed by atoms with Gasteiger partial charge < -0.3 is 14.7 Å². The van der Waals surface area contributed by atoms with Gasteiger partial charge in [0.25, 0.3) is 11.5 Å². The summed E-state index contributed by atoms with van der Waals surface area (Å²) in [5.41, 5.74) is 0.248. The molecule has 1 aromatic carbocycles. The largest absolute Gasteiger partial charge is 0.428 e. The molecule has 0 aliphatic rings. The van der Waals surface area contributed by atoms with E-state index in [0.29, 0.717) is 5.69 Å². The highest BCUT2D eigenvalue weighted by Crippen LogP contribution is 2.30. The molecule has 1 radical (unpaired) electrons. The van der Waals surface area contributed by atoms with Crippen LogP contribution in [0.4, 0.5) is 5.69 Å². The summed E-state index contributed by atoms with van der Waals surface area (Å²) in [4.78, 5) is 37.7. The van der Waals surface area contributed by atoms with Gasteiger partial charge >= 0.3 is 13.2 Å². The lowest BCUT2D eigenvalue weighted by molar-refractivity contribution is 0.0854. The number of anilines is 1. The standard InChI is InChI=1S/C22H31BN3O5S/c1-14-16(23-31-21(2,3)22(4,5)32)9-8-10-17(14)24-18(27)15-13-26(11-12-30-7)20(29)25(6)19(15)28/h8-10,13,32H,11-12H2,1-7H3,(H,24,27). The van der Waals surface area contributed by atoms with Gasteiger partial charge in [-0.3, -0.25) is 18.7 Å². The smallest absolute Gasteiger partial charge is 0.331 e. The summed E-state index contributed by atoms with van der Waals surface area (Å²) in [5, 5.41) is 2.78. The zero-order chi connectivity index (χ0) is 24.3. The van der Waals surface area contributed by atoms with Gasteiger partial charge in [-0.1, -0.05) is 12.1 Å². The lowest BCUT2D eigenvalue weighted by Gasteiger charge is -2.38. The van der Waals surface area contributed by atoms with E-state index in [1.54, 1.807) is 19.6 Å². The Morgan fingerprint density at radius 2 is 1.88 bits per heavy atom. The van der Waals surface area contributed by atoms with Crippen LogP contribution >= 0.6 is 12.6 Å². The maximum Gasteiger partial charge on any atom is 0.331 e. The summed E-state index contributed by atoms with van der Waals surface area (Å²) < 4.78 is 12.8. The molecule has 2 rings (SSSR count). The molecule has 0 saturated carbocycles. The lowest BCUT2D eigenvalue weighted by Crippen LogP contribution is -2.46. The number of ether oxygens (including phenoxy) is 1. The quantitative estimate of drug-likeness (QED) is 0.437. The molecular weight excluding hydrogens is 429 g/mol. The van der Waals surface area contributed by atoms with Crippen LogP contribution in [0.25, 0.3) is 0 Å². The number of methoxy groups -OCH3 is 1. The van der Waals surface area contributed by atoms with Crippen molar-refractivity contribution in [3.05, 3.63) is 56.4 Å². The molecule has 0 saturated heterocycles. The molecule has 1 aromatic heterocycles. The maximum absolute atomic E-state index is 12.9. The second-order valence-electron chi connectivity index (χ2n) is 8.65. The van der Waals surface area contributed by atoms with Gasteiger partial charge in [-0.15, -0.1) is 0 Å². The van der Waals surface area contributed by atoms with E-state index < -0.39 is 22.8 Å². The van der Waals surface area contributed by atoms with E-state index in [4.69, 9.17) is 9.39 Å². The minimum Gasteiger partial charge on any atom is -0.428 e. The number of carbonyl (C=O) groups is 1. The highest BCUT2D eigenvalue weighted by Gasteiger charge is 2.34. The molecule has 2 aromatic rings. The number of nitrogens with zero attached hydrogens (tertiary/aromatic N) is 2. The Morgan fingerprint density at radius 3 is 2.47 bits per heavy atom. The van der Waals surface area contributed by atoms with Crippen LogP contribution in [0.3, 0.4) is 0 Å². The molecule has 0 atom stereocenters. The molecule has 173 valence electrons. The number of aromatic nitrogens is 2. The molecule has 0 spiro atoms. The molecular formula is C22H31BN3O5S. The normalized spacial score (nSPS) is 12.0. The number of hydrogen-bond donors (Lipinski definition) is 2. The Labute approximate surface area is 194 Å². The van der Waals surface area contributed by atoms with E-state index in [1.807, 2.05) is 40.7 Å². The Morgan fingerprint density at radius 1 is 1.22 bits per heavy atom. The fraction of sp³-hybridized carbons (Fsp3) is 0.500. The molecule has 0 fully saturated rings. The van der Waals surface area contributed by atoms with E-state index in [2.05, 4.69) is 17.9 Å². The fourth-order valence-electron chi connectivity index (χ4n) is 2.69. The minimum atomic E-state index is -0.664. The van der Waals surface area contributed by atoms with Gasteiger partial charge in [0.1, 0.15) is 5.56 Å². The minimum absolute atomic E-state index is 0.133. The molecule has 0 bridgehead atoms. The number of carbonyl (C=O) groups excluding carboxylic acids is 1. The van der Waals surface area contributed by atoms with Crippen LogP contribution < -0.4 is 22.0 Å². The number of amides is 1. The maximum atomic E-state index is 12.9. The van der Waals surface area contributed by atoms with Crippen molar-refractivity contribution < 1.29 is 14.2 Å². The first-order valence-corrected chi connectivity index (χ1v) is 10.7. The summed E-state index contributed by atoms with van der Waals surface area (Å²) in [7, 11) is 4.50. The van der Waals surface area contributed by atoms with Gasteiger partial charge in [0, 0.05) is 30.8 Å². The Bertz CT molecular complexity index is 1100. The summed E-state index contributed by atoms with van der Waals surface area (Å²) in [5.74, 6) is -0.602. The van der Waals surface area contributed by atoms with Crippen LogP contribution in [0.5, 0.6) is 0 Å². The molecule has 10 heteroatoms. The van der Waals surface area contributed by atoms with Crippen molar-refractivity contribution in [2.45, 2.75) is 51.5 Å². The van der Waals surface area contributed by atoms with Gasteiger partial charge in [-0.2, -0.15) is 12.6 Å². The Balaban J connectivity index is 2.30. The lowest BCUT2D eigenvalue weighted by atomic mass is 9.81. The zero-order valence-corrected chi connectivity index (χ0v) is 20.6. The van der Waals surface area contributed by atoms with Crippen molar-refractivity contribution >= 4 is 37.2 Å². The van der Waals surface area contributed by atoms with Crippen molar-refractivity contribution in [2.24, 2.45) is 7.05 Å². The first-order valence-electron chi connectivity index (χ1n) is 10.2. The van der Waals surface area contributed by atoms with Crippen LogP contribution in [0.2, 0.25) is 0 Å². The average molecular weight is 460 g/mol. The molecule has 1 N–H and O–H groups in total. The van der Waals surface area contributed by atoms with Crippen LogP contribution in [0, 0.1) is 6.92 Å². The van der Waals surface area contributed by atoms with Crippen LogP contribution in [-0.2, 0) is 23.0 Å². The van der Waals surface area contributed by atoms with Gasteiger partial charge in [0.05, 0.1) is 18.8 Å². The first-order chi connectivity index (χ1) is 14.8. The second kappa shape index (κ2) is 10.1. The number of hydrogen-bond acceptors (Lipinski definition) is 6. The van der Waals surface area contributed by atoms with E-state index in [9.17, 15) is 14.4 Å². The summed E-state index contributed by atoms with van der Waals surface area (Å²) in [6, 6.07) is 5.40. The van der Waals surface area contributed by atoms with Crippen molar-refractivity contribution in [3.63, 3.8) is 0 Å². The Hall–Kier alpha value is -2.30.